The molecule has 15 nitrogen and oxygen atoms in total. The van der Waals surface area contributed by atoms with Crippen LogP contribution in [0.5, 0.6) is 0 Å². The number of hydrogen-bond donors (Lipinski definition) is 1. The minimum Gasteiger partial charge on any atom is -0.399 e. The largest absolute Gasteiger partial charge is 0.399 e. The first-order valence-electron chi connectivity index (χ1n) is 14.6. The van der Waals surface area contributed by atoms with Crippen molar-refractivity contribution < 1.29 is 41.2 Å². The van der Waals surface area contributed by atoms with Gasteiger partial charge in [0.1, 0.15) is 0 Å². The van der Waals surface area contributed by atoms with Crippen LogP contribution in [0.2, 0.25) is 0 Å². The molecule has 3 aromatic carbocycles. The van der Waals surface area contributed by atoms with Crippen molar-refractivity contribution in [2.45, 2.75) is 68.6 Å². The lowest BCUT2D eigenvalue weighted by atomic mass is 10.2. The van der Waals surface area contributed by atoms with E-state index in [9.17, 15) is 45.5 Å². The fourth-order valence-corrected chi connectivity index (χ4v) is 9.73. The average Bonchev–Trinajstić information content (AvgIpc) is 3.75. The molecule has 2 heterocycles. The van der Waals surface area contributed by atoms with Gasteiger partial charge in [-0.05, 0) is 75.3 Å². The van der Waals surface area contributed by atoms with Crippen molar-refractivity contribution in [3.05, 3.63) is 91.5 Å². The van der Waals surface area contributed by atoms with Crippen LogP contribution in [0.25, 0.3) is 0 Å². The van der Waals surface area contributed by atoms with Gasteiger partial charge in [-0.1, -0.05) is 25.6 Å². The highest BCUT2D eigenvalue weighted by Crippen LogP contribution is 2.28. The van der Waals surface area contributed by atoms with Crippen molar-refractivity contribution in [2.24, 2.45) is 0 Å². The van der Waals surface area contributed by atoms with Crippen molar-refractivity contribution in [3.8, 4) is 0 Å². The number of halogens is 2. The molecule has 0 radical (unpaired) electrons. The molecule has 0 amide bonds. The Balaban J connectivity index is 0.000000720. The van der Waals surface area contributed by atoms with E-state index in [0.717, 1.165) is 43.4 Å². The summed E-state index contributed by atoms with van der Waals surface area (Å²) in [6, 6.07) is 12.5. The molecule has 0 aliphatic carbocycles. The molecule has 0 bridgehead atoms. The van der Waals surface area contributed by atoms with Gasteiger partial charge in [-0.25, -0.2) is 25.3 Å². The first-order valence-corrected chi connectivity index (χ1v) is 19.8. The highest BCUT2D eigenvalue weighted by atomic mass is 35.7. The van der Waals surface area contributed by atoms with Crippen LogP contribution >= 0.6 is 10.7 Å². The lowest BCUT2D eigenvalue weighted by Crippen LogP contribution is -2.28. The second-order valence-corrected chi connectivity index (χ2v) is 17.4. The summed E-state index contributed by atoms with van der Waals surface area (Å²) in [7, 11) is -5.77. The highest BCUT2D eigenvalue weighted by Gasteiger charge is 2.30. The Morgan fingerprint density at radius 2 is 0.960 bits per heavy atom. The molecule has 50 heavy (non-hydrogen) atoms. The first kappa shape index (κ1) is 44.3. The van der Waals surface area contributed by atoms with Crippen molar-refractivity contribution in [3.63, 3.8) is 0 Å². The van der Waals surface area contributed by atoms with Crippen molar-refractivity contribution in [2.75, 3.05) is 31.9 Å². The molecule has 0 spiro atoms. The van der Waals surface area contributed by atoms with Gasteiger partial charge in [0.05, 0.1) is 24.5 Å². The number of aryl methyl sites for hydroxylation is 3. The number of benzene rings is 3. The van der Waals surface area contributed by atoms with Gasteiger partial charge in [0, 0.05) is 68.2 Å². The summed E-state index contributed by atoms with van der Waals surface area (Å²) < 4.78 is 74.1. The molecule has 2 aliphatic heterocycles. The normalized spacial score (nSPS) is 15.0. The van der Waals surface area contributed by atoms with Gasteiger partial charge in [-0.2, -0.15) is 8.61 Å². The second kappa shape index (κ2) is 18.0. The molecule has 2 aliphatic rings. The number of anilines is 1. The Morgan fingerprint density at radius 3 is 1.32 bits per heavy atom. The van der Waals surface area contributed by atoms with E-state index in [1.807, 2.05) is 0 Å². The Labute approximate surface area is 297 Å². The van der Waals surface area contributed by atoms with Gasteiger partial charge in [0.15, 0.2) is 0 Å². The van der Waals surface area contributed by atoms with Gasteiger partial charge >= 0.3 is 0 Å². The monoisotopic (exact) mass is 784 g/mol. The number of nitrogen functional groups attached to an aromatic ring is 1. The number of nitro benzene ring substituents is 2. The number of rotatable bonds is 7. The second-order valence-electron chi connectivity index (χ2n) is 11.1. The average molecular weight is 785 g/mol. The molecule has 0 atom stereocenters. The Hall–Kier alpha value is -3.75. The predicted octanol–water partition coefficient (Wildman–Crippen LogP) is 5.91. The summed E-state index contributed by atoms with van der Waals surface area (Å²) in [6.45, 7) is 7.18. The molecule has 3 aromatic rings. The zero-order valence-corrected chi connectivity index (χ0v) is 30.0. The number of non-ortho nitro benzene ring substituents is 2. The quantitative estimate of drug-likeness (QED) is 0.128. The zero-order chi connectivity index (χ0) is 36.0. The zero-order valence-electron chi connectivity index (χ0n) is 26.8. The third-order valence-electron chi connectivity index (χ3n) is 7.61. The number of nitro groups is 2. The van der Waals surface area contributed by atoms with E-state index in [-0.39, 0.29) is 34.7 Å². The molecule has 2 saturated heterocycles. The van der Waals surface area contributed by atoms with Crippen molar-refractivity contribution in [1.82, 2.24) is 8.61 Å². The van der Waals surface area contributed by atoms with Crippen LogP contribution in [0, 0.1) is 41.0 Å². The van der Waals surface area contributed by atoms with Crippen LogP contribution in [-0.2, 0) is 29.1 Å². The fraction of sp³-hybridized carbons (Fsp3) is 0.400. The van der Waals surface area contributed by atoms with Gasteiger partial charge in [-0.15, -0.1) is 0 Å². The SMILES string of the molecule is C.Cc1ccc(N)cc1S(=O)(=O)N1CCCC1.Cc1ccc([N+](=O)[O-])cc1S(=O)(=O)Cl.Cc1ccc([N+](=O)[O-])cc1S(=O)(=O)N1CCCC1.F.[2HH]. The third-order valence-corrected chi connectivity index (χ3v) is 13.2. The van der Waals surface area contributed by atoms with Crippen LogP contribution in [0.15, 0.2) is 69.3 Å². The van der Waals surface area contributed by atoms with Crippen molar-refractivity contribution in [1.29, 1.82) is 0 Å². The van der Waals surface area contributed by atoms with E-state index < -0.39 is 38.9 Å². The summed E-state index contributed by atoms with van der Waals surface area (Å²) in [5.41, 5.74) is 7.30. The summed E-state index contributed by atoms with van der Waals surface area (Å²) in [4.78, 5) is 20.0. The van der Waals surface area contributed by atoms with Crippen LogP contribution in [0.3, 0.4) is 0 Å². The predicted molar refractivity (Wildman–Crippen MR) is 192 cm³/mol. The standard InChI is InChI=1S/C11H14N2O4S.C11H16N2O2S.C7H6ClNO4S.CH4.FH.H2/c1-9-4-5-10(13(14)15)8-11(9)18(16,17)12-6-2-3-7-12;1-9-4-5-10(12)8-11(9)16(14,15)13-6-2-3-7-13;1-5-2-3-6(9(10)11)4-7(5)14(8,12)13;;;/h4-5,8H,2-3,6-7H2,1H3;4-5,8H,2-3,6-7,12H2,1H3;2-4H,1H3;1H4;2*1H/i;;;;;1+1. The van der Waals surface area contributed by atoms with E-state index >= 15 is 0 Å². The number of nitrogens with two attached hydrogens (primary N) is 1. The molecular weight excluding hydrogens is 741 g/mol. The number of hydrogen-bond acceptors (Lipinski definition) is 11. The van der Waals surface area contributed by atoms with E-state index in [4.69, 9.17) is 16.4 Å². The van der Waals surface area contributed by atoms with Gasteiger partial charge < -0.3 is 5.73 Å². The molecule has 20 heteroatoms. The summed E-state index contributed by atoms with van der Waals surface area (Å²) >= 11 is 0. The van der Waals surface area contributed by atoms with Gasteiger partial charge in [0.2, 0.25) is 20.0 Å². The van der Waals surface area contributed by atoms with Crippen LogP contribution in [0.4, 0.5) is 21.8 Å². The third kappa shape index (κ3) is 10.9. The van der Waals surface area contributed by atoms with Crippen LogP contribution in [-0.4, -0.2) is 69.9 Å². The molecule has 0 aromatic heterocycles. The summed E-state index contributed by atoms with van der Waals surface area (Å²) in [5.74, 6) is 0. The van der Waals surface area contributed by atoms with E-state index in [2.05, 4.69) is 0 Å². The summed E-state index contributed by atoms with van der Waals surface area (Å²) in [6.07, 6.45) is 3.57. The van der Waals surface area contributed by atoms with Crippen molar-refractivity contribution >= 4 is 56.8 Å². The molecule has 0 unspecified atom stereocenters. The molecule has 280 valence electrons. The molecule has 5 rings (SSSR count). The fourth-order valence-electron chi connectivity index (χ4n) is 4.97. The van der Waals surface area contributed by atoms with Crippen LogP contribution in [0.1, 0.15) is 51.2 Å². The lowest BCUT2D eigenvalue weighted by Gasteiger charge is -2.17. The van der Waals surface area contributed by atoms with Gasteiger partial charge in [0.25, 0.3) is 20.4 Å². The molecule has 0 saturated carbocycles. The van der Waals surface area contributed by atoms with E-state index in [0.29, 0.717) is 47.9 Å². The lowest BCUT2D eigenvalue weighted by molar-refractivity contribution is -0.385. The minimum atomic E-state index is -3.92. The van der Waals surface area contributed by atoms with Crippen LogP contribution < -0.4 is 5.73 Å². The first-order chi connectivity index (χ1) is 22.3. The Bertz CT molecular complexity index is 2030. The van der Waals surface area contributed by atoms with E-state index in [1.165, 1.54) is 39.8 Å². The maximum Gasteiger partial charge on any atom is 0.270 e. The molecule has 2 fully saturated rings. The highest BCUT2D eigenvalue weighted by molar-refractivity contribution is 8.13. The molecule has 2 N–H and O–H groups in total. The maximum absolute atomic E-state index is 12.3. The topological polar surface area (TPSA) is 221 Å². The summed E-state index contributed by atoms with van der Waals surface area (Å²) in [5, 5.41) is 21.1. The Kier molecular flexibility index (Phi) is 15.9. The number of nitrogens with zero attached hydrogens (tertiary/aromatic N) is 4. The smallest absolute Gasteiger partial charge is 0.270 e. The molecular formula is C30H43ClFN5O10S3. The maximum atomic E-state index is 12.3. The number of sulfonamides is 2. The van der Waals surface area contributed by atoms with Gasteiger partial charge in [-0.3, -0.25) is 24.9 Å². The van der Waals surface area contributed by atoms with E-state index in [1.54, 1.807) is 32.0 Å². The Morgan fingerprint density at radius 1 is 0.640 bits per heavy atom. The minimum absolute atomic E-state index is 0.